The van der Waals surface area contributed by atoms with E-state index < -0.39 is 16.9 Å². The Morgan fingerprint density at radius 2 is 1.70 bits per heavy atom. The van der Waals surface area contributed by atoms with Crippen LogP contribution in [0.25, 0.3) is 17.3 Å². The third-order valence-corrected chi connectivity index (χ3v) is 8.16. The van der Waals surface area contributed by atoms with Gasteiger partial charge in [0, 0.05) is 36.1 Å². The molecule has 0 bridgehead atoms. The van der Waals surface area contributed by atoms with E-state index in [0.717, 1.165) is 29.8 Å². The van der Waals surface area contributed by atoms with E-state index >= 15 is 0 Å². The summed E-state index contributed by atoms with van der Waals surface area (Å²) in [6, 6.07) is 19.1. The molecule has 0 aromatic heterocycles. The van der Waals surface area contributed by atoms with Crippen molar-refractivity contribution in [3.05, 3.63) is 105 Å². The fourth-order valence-corrected chi connectivity index (χ4v) is 5.74. The van der Waals surface area contributed by atoms with Gasteiger partial charge in [0.05, 0.1) is 16.2 Å². The molecule has 11 heteroatoms. The number of nitro benzene ring substituents is 1. The lowest BCUT2D eigenvalue weighted by Crippen LogP contribution is -2.25. The van der Waals surface area contributed by atoms with Crippen LogP contribution in [-0.2, 0) is 16.0 Å². The molecule has 0 aliphatic carbocycles. The van der Waals surface area contributed by atoms with Gasteiger partial charge in [-0.25, -0.2) is 4.79 Å². The summed E-state index contributed by atoms with van der Waals surface area (Å²) in [6.07, 6.45) is 6.15. The fourth-order valence-electron chi connectivity index (χ4n) is 5.74. The van der Waals surface area contributed by atoms with Crippen LogP contribution in [-0.4, -0.2) is 59.3 Å². The number of nitrogens with one attached hydrogen (secondary N) is 3. The Morgan fingerprint density at radius 3 is 2.36 bits per heavy atom. The van der Waals surface area contributed by atoms with Crippen LogP contribution in [0.2, 0.25) is 0 Å². The Hall–Kier alpha value is -5.29. The molecule has 2 fully saturated rings. The molecule has 6 rings (SSSR count). The maximum absolute atomic E-state index is 13.3. The van der Waals surface area contributed by atoms with Gasteiger partial charge in [0.2, 0.25) is 0 Å². The molecule has 0 unspecified atom stereocenters. The van der Waals surface area contributed by atoms with Gasteiger partial charge in [0.25, 0.3) is 17.5 Å². The molecular weight excluding hydrogens is 560 g/mol. The number of hydrogen-bond acceptors (Lipinski definition) is 7. The highest BCUT2D eigenvalue weighted by molar-refractivity contribution is 6.37. The first kappa shape index (κ1) is 28.8. The van der Waals surface area contributed by atoms with Crippen molar-refractivity contribution in [3.63, 3.8) is 0 Å². The predicted octanol–water partition coefficient (Wildman–Crippen LogP) is 5.08. The minimum atomic E-state index is -0.483. The molecule has 3 heterocycles. The third-order valence-electron chi connectivity index (χ3n) is 8.16. The first-order chi connectivity index (χ1) is 21.3. The number of carbonyl (C=O) groups excluding carboxylic acids is 3. The average molecular weight is 593 g/mol. The van der Waals surface area contributed by atoms with E-state index in [2.05, 4.69) is 33.0 Å². The zero-order chi connectivity index (χ0) is 30.8. The summed E-state index contributed by atoms with van der Waals surface area (Å²) in [4.78, 5) is 51.9. The van der Waals surface area contributed by atoms with Gasteiger partial charge >= 0.3 is 6.03 Å². The van der Waals surface area contributed by atoms with Gasteiger partial charge in [-0.2, -0.15) is 0 Å². The Morgan fingerprint density at radius 1 is 0.977 bits per heavy atom. The van der Waals surface area contributed by atoms with E-state index in [1.165, 1.54) is 50.7 Å². The van der Waals surface area contributed by atoms with Gasteiger partial charge in [0.1, 0.15) is 5.70 Å². The smallest absolute Gasteiger partial charge is 0.328 e. The van der Waals surface area contributed by atoms with Crippen molar-refractivity contribution in [1.29, 1.82) is 0 Å². The van der Waals surface area contributed by atoms with Crippen molar-refractivity contribution in [1.82, 2.24) is 15.1 Å². The highest BCUT2D eigenvalue weighted by Crippen LogP contribution is 2.39. The van der Waals surface area contributed by atoms with E-state index in [1.54, 1.807) is 36.4 Å². The SMILES string of the molecule is CN1C(=O)N/C(=C\c2ccc(N/C(=C3\C(=O)Nc4ccc([N+](=O)[O-])cc43)c3ccc(CCCN4CCCC4)cc3)cc2)C1=O. The van der Waals surface area contributed by atoms with Crippen LogP contribution in [0.1, 0.15) is 41.5 Å². The molecule has 11 nitrogen and oxygen atoms in total. The molecule has 4 amide bonds. The monoisotopic (exact) mass is 592 g/mol. The number of amides is 4. The maximum atomic E-state index is 13.3. The molecule has 2 saturated heterocycles. The number of carbonyl (C=O) groups is 3. The highest BCUT2D eigenvalue weighted by Gasteiger charge is 2.31. The zero-order valence-electron chi connectivity index (χ0n) is 24.3. The number of hydrogen-bond donors (Lipinski definition) is 3. The van der Waals surface area contributed by atoms with Crippen LogP contribution >= 0.6 is 0 Å². The van der Waals surface area contributed by atoms with Crippen LogP contribution in [0.5, 0.6) is 0 Å². The second-order valence-electron chi connectivity index (χ2n) is 11.1. The Labute approximate surface area is 254 Å². The molecule has 3 aromatic rings. The van der Waals surface area contributed by atoms with Crippen molar-refractivity contribution in [2.45, 2.75) is 25.7 Å². The first-order valence-electron chi connectivity index (χ1n) is 14.6. The quantitative estimate of drug-likeness (QED) is 0.136. The van der Waals surface area contributed by atoms with Gasteiger partial charge in [-0.3, -0.25) is 24.6 Å². The number of likely N-dealkylation sites (tertiary alicyclic amines) is 1. The summed E-state index contributed by atoms with van der Waals surface area (Å²) in [6.45, 7) is 3.43. The van der Waals surface area contributed by atoms with Crippen LogP contribution in [0.4, 0.5) is 21.9 Å². The van der Waals surface area contributed by atoms with Crippen molar-refractivity contribution in [2.75, 3.05) is 37.3 Å². The molecular formula is C33H32N6O5. The number of imide groups is 1. The molecule has 0 radical (unpaired) electrons. The van der Waals surface area contributed by atoms with Crippen molar-refractivity contribution < 1.29 is 19.3 Å². The Balaban J connectivity index is 1.31. The zero-order valence-corrected chi connectivity index (χ0v) is 24.3. The molecule has 0 atom stereocenters. The summed E-state index contributed by atoms with van der Waals surface area (Å²) in [5.74, 6) is -0.776. The minimum Gasteiger partial charge on any atom is -0.354 e. The topological polar surface area (TPSA) is 137 Å². The number of likely N-dealkylation sites (N-methyl/N-ethyl adjacent to an activating group) is 1. The first-order valence-corrected chi connectivity index (χ1v) is 14.6. The maximum Gasteiger partial charge on any atom is 0.328 e. The van der Waals surface area contributed by atoms with Gasteiger partial charge in [0.15, 0.2) is 0 Å². The van der Waals surface area contributed by atoms with E-state index in [0.29, 0.717) is 33.8 Å². The van der Waals surface area contributed by atoms with Crippen LogP contribution in [0, 0.1) is 10.1 Å². The molecule has 3 aliphatic heterocycles. The number of anilines is 2. The molecule has 44 heavy (non-hydrogen) atoms. The standard InChI is InChI=1S/C33H32N6O5/c1-37-32(41)28(36-33(37)42)19-22-8-12-24(13-9-22)34-30(29-26-20-25(39(43)44)14-15-27(26)35-31(29)40)23-10-6-21(7-11-23)5-4-18-38-16-2-3-17-38/h6-15,19-20,34H,2-5,16-18H2,1H3,(H,35,40)(H,36,42)/b28-19-,30-29-. The molecule has 224 valence electrons. The van der Waals surface area contributed by atoms with Crippen LogP contribution in [0.15, 0.2) is 72.4 Å². The normalized spacial score (nSPS) is 18.4. The third kappa shape index (κ3) is 5.95. The number of nitro groups is 1. The van der Waals surface area contributed by atoms with Crippen LogP contribution in [0.3, 0.4) is 0 Å². The molecule has 0 spiro atoms. The minimum absolute atomic E-state index is 0.109. The van der Waals surface area contributed by atoms with Gasteiger partial charge < -0.3 is 20.9 Å². The molecule has 3 aliphatic rings. The summed E-state index contributed by atoms with van der Waals surface area (Å²) in [5.41, 5.74) is 5.15. The number of fused-ring (bicyclic) bond motifs is 1. The summed E-state index contributed by atoms with van der Waals surface area (Å²) < 4.78 is 0. The molecule has 3 N–H and O–H groups in total. The number of non-ortho nitro benzene ring substituents is 1. The Kier molecular flexibility index (Phi) is 7.95. The number of urea groups is 1. The van der Waals surface area contributed by atoms with Gasteiger partial charge in [-0.1, -0.05) is 36.4 Å². The molecule has 0 saturated carbocycles. The number of aryl methyl sites for hydroxylation is 1. The van der Waals surface area contributed by atoms with Gasteiger partial charge in [-0.15, -0.1) is 0 Å². The largest absolute Gasteiger partial charge is 0.354 e. The number of benzene rings is 3. The lowest BCUT2D eigenvalue weighted by Gasteiger charge is -2.16. The van der Waals surface area contributed by atoms with E-state index in [9.17, 15) is 24.5 Å². The lowest BCUT2D eigenvalue weighted by molar-refractivity contribution is -0.384. The Bertz CT molecular complexity index is 1710. The lowest BCUT2D eigenvalue weighted by atomic mass is 9.98. The summed E-state index contributed by atoms with van der Waals surface area (Å²) >= 11 is 0. The highest BCUT2D eigenvalue weighted by atomic mass is 16.6. The van der Waals surface area contributed by atoms with Gasteiger partial charge in [-0.05, 0) is 86.3 Å². The fraction of sp³-hybridized carbons (Fsp3) is 0.242. The van der Waals surface area contributed by atoms with Crippen molar-refractivity contribution in [3.8, 4) is 0 Å². The van der Waals surface area contributed by atoms with E-state index in [-0.39, 0.29) is 17.3 Å². The van der Waals surface area contributed by atoms with E-state index in [1.807, 2.05) is 12.1 Å². The van der Waals surface area contributed by atoms with Crippen molar-refractivity contribution in [2.24, 2.45) is 0 Å². The predicted molar refractivity (Wildman–Crippen MR) is 168 cm³/mol. The molecule has 3 aromatic carbocycles. The summed E-state index contributed by atoms with van der Waals surface area (Å²) in [5, 5.41) is 20.3. The average Bonchev–Trinajstić information content (AvgIpc) is 3.72. The van der Waals surface area contributed by atoms with Crippen molar-refractivity contribution >= 4 is 52.3 Å². The van der Waals surface area contributed by atoms with Crippen LogP contribution < -0.4 is 16.0 Å². The summed E-state index contributed by atoms with van der Waals surface area (Å²) in [7, 11) is 1.41. The second-order valence-corrected chi connectivity index (χ2v) is 11.1. The number of nitrogens with zero attached hydrogens (tertiary/aromatic N) is 3. The number of rotatable bonds is 9. The van der Waals surface area contributed by atoms with E-state index in [4.69, 9.17) is 0 Å². The second kappa shape index (κ2) is 12.1.